The van der Waals surface area contributed by atoms with Crippen molar-refractivity contribution in [2.75, 3.05) is 19.0 Å². The van der Waals surface area contributed by atoms with Crippen molar-refractivity contribution in [2.24, 2.45) is 0 Å². The zero-order valence-corrected chi connectivity index (χ0v) is 11.0. The van der Waals surface area contributed by atoms with Gasteiger partial charge in [-0.25, -0.2) is 0 Å². The van der Waals surface area contributed by atoms with Crippen LogP contribution in [0.4, 0.5) is 5.69 Å². The second kappa shape index (κ2) is 5.29. The van der Waals surface area contributed by atoms with Gasteiger partial charge in [-0.15, -0.1) is 0 Å². The minimum Gasteiger partial charge on any atom is -0.495 e. The predicted octanol–water partition coefficient (Wildman–Crippen LogP) is 2.07. The van der Waals surface area contributed by atoms with Crippen LogP contribution in [0.25, 0.3) is 0 Å². The molecular formula is C14H16N2O3. The summed E-state index contributed by atoms with van der Waals surface area (Å²) in [5, 5.41) is 11.6. The lowest BCUT2D eigenvalue weighted by Crippen LogP contribution is -2.39. The SMILES string of the molecule is COc1cc(C#N)ccc1NC(=O)C1(C)CCCO1. The molecule has 0 bridgehead atoms. The Kier molecular flexibility index (Phi) is 3.72. The summed E-state index contributed by atoms with van der Waals surface area (Å²) < 4.78 is 10.7. The molecule has 1 aliphatic heterocycles. The Morgan fingerprint density at radius 2 is 2.37 bits per heavy atom. The monoisotopic (exact) mass is 260 g/mol. The second-order valence-electron chi connectivity index (χ2n) is 4.66. The number of amides is 1. The maximum absolute atomic E-state index is 12.2. The largest absolute Gasteiger partial charge is 0.495 e. The molecule has 1 aromatic rings. The predicted molar refractivity (Wildman–Crippen MR) is 69.9 cm³/mol. The Balaban J connectivity index is 2.19. The van der Waals surface area contributed by atoms with E-state index in [0.29, 0.717) is 30.0 Å². The van der Waals surface area contributed by atoms with Crippen LogP contribution < -0.4 is 10.1 Å². The van der Waals surface area contributed by atoms with Gasteiger partial charge in [0.1, 0.15) is 11.4 Å². The van der Waals surface area contributed by atoms with Gasteiger partial charge in [-0.2, -0.15) is 5.26 Å². The van der Waals surface area contributed by atoms with E-state index in [0.717, 1.165) is 6.42 Å². The quantitative estimate of drug-likeness (QED) is 0.903. The average Bonchev–Trinajstić information content (AvgIpc) is 2.87. The van der Waals surface area contributed by atoms with Gasteiger partial charge in [-0.1, -0.05) is 0 Å². The number of benzene rings is 1. The number of rotatable bonds is 3. The van der Waals surface area contributed by atoms with Gasteiger partial charge in [-0.05, 0) is 31.9 Å². The third-order valence-corrected chi connectivity index (χ3v) is 3.28. The number of nitriles is 1. The van der Waals surface area contributed by atoms with E-state index < -0.39 is 5.60 Å². The van der Waals surface area contributed by atoms with E-state index in [4.69, 9.17) is 14.7 Å². The van der Waals surface area contributed by atoms with Crippen molar-refractivity contribution in [3.05, 3.63) is 23.8 Å². The Bertz CT molecular complexity index is 528. The van der Waals surface area contributed by atoms with Gasteiger partial charge in [0.15, 0.2) is 0 Å². The average molecular weight is 260 g/mol. The zero-order chi connectivity index (χ0) is 13.9. The van der Waals surface area contributed by atoms with Crippen LogP contribution in [0.2, 0.25) is 0 Å². The van der Waals surface area contributed by atoms with E-state index in [1.807, 2.05) is 6.07 Å². The van der Waals surface area contributed by atoms with E-state index >= 15 is 0 Å². The van der Waals surface area contributed by atoms with E-state index in [-0.39, 0.29) is 5.91 Å². The van der Waals surface area contributed by atoms with Gasteiger partial charge in [-0.3, -0.25) is 4.79 Å². The van der Waals surface area contributed by atoms with Crippen molar-refractivity contribution >= 4 is 11.6 Å². The molecule has 100 valence electrons. The molecule has 0 aliphatic carbocycles. The first-order chi connectivity index (χ1) is 9.09. The van der Waals surface area contributed by atoms with Gasteiger partial charge in [0.05, 0.1) is 24.4 Å². The lowest BCUT2D eigenvalue weighted by molar-refractivity contribution is -0.133. The second-order valence-corrected chi connectivity index (χ2v) is 4.66. The summed E-state index contributed by atoms with van der Waals surface area (Å²) in [6.07, 6.45) is 1.59. The molecule has 2 rings (SSSR count). The molecule has 5 heteroatoms. The molecule has 1 N–H and O–H groups in total. The Labute approximate surface area is 112 Å². The molecule has 5 nitrogen and oxygen atoms in total. The normalized spacial score (nSPS) is 21.7. The van der Waals surface area contributed by atoms with Crippen LogP contribution in [-0.4, -0.2) is 25.2 Å². The topological polar surface area (TPSA) is 71.3 Å². The number of hydrogen-bond donors (Lipinski definition) is 1. The lowest BCUT2D eigenvalue weighted by atomic mass is 10.0. The van der Waals surface area contributed by atoms with Crippen LogP contribution in [0.3, 0.4) is 0 Å². The first kappa shape index (κ1) is 13.4. The van der Waals surface area contributed by atoms with Gasteiger partial charge < -0.3 is 14.8 Å². The molecule has 0 aromatic heterocycles. The van der Waals surface area contributed by atoms with Crippen molar-refractivity contribution in [3.8, 4) is 11.8 Å². The van der Waals surface area contributed by atoms with Crippen molar-refractivity contribution in [3.63, 3.8) is 0 Å². The number of hydrogen-bond acceptors (Lipinski definition) is 4. The first-order valence-electron chi connectivity index (χ1n) is 6.12. The molecule has 1 saturated heterocycles. The van der Waals surface area contributed by atoms with E-state index in [9.17, 15) is 4.79 Å². The van der Waals surface area contributed by atoms with Crippen molar-refractivity contribution in [2.45, 2.75) is 25.4 Å². The molecular weight excluding hydrogens is 244 g/mol. The summed E-state index contributed by atoms with van der Waals surface area (Å²) in [4.78, 5) is 12.2. The van der Waals surface area contributed by atoms with Gasteiger partial charge in [0.25, 0.3) is 5.91 Å². The molecule has 19 heavy (non-hydrogen) atoms. The molecule has 1 unspecified atom stereocenters. The molecule has 1 atom stereocenters. The molecule has 1 fully saturated rings. The van der Waals surface area contributed by atoms with E-state index in [1.54, 1.807) is 25.1 Å². The highest BCUT2D eigenvalue weighted by atomic mass is 16.5. The van der Waals surface area contributed by atoms with Crippen LogP contribution in [0, 0.1) is 11.3 Å². The third-order valence-electron chi connectivity index (χ3n) is 3.28. The summed E-state index contributed by atoms with van der Waals surface area (Å²) in [5.74, 6) is 0.280. The Hall–Kier alpha value is -2.06. The molecule has 0 saturated carbocycles. The molecule has 0 radical (unpaired) electrons. The number of ether oxygens (including phenoxy) is 2. The molecule has 1 aliphatic rings. The highest BCUT2D eigenvalue weighted by Gasteiger charge is 2.38. The third kappa shape index (κ3) is 2.69. The van der Waals surface area contributed by atoms with Crippen LogP contribution >= 0.6 is 0 Å². The summed E-state index contributed by atoms with van der Waals surface area (Å²) in [6.45, 7) is 2.39. The van der Waals surface area contributed by atoms with Crippen LogP contribution in [-0.2, 0) is 9.53 Å². The van der Waals surface area contributed by atoms with Crippen LogP contribution in [0.5, 0.6) is 5.75 Å². The first-order valence-corrected chi connectivity index (χ1v) is 6.12. The molecule has 1 aromatic carbocycles. The number of carbonyl (C=O) groups excluding carboxylic acids is 1. The zero-order valence-electron chi connectivity index (χ0n) is 11.0. The summed E-state index contributed by atoms with van der Waals surface area (Å²) in [7, 11) is 1.50. The fourth-order valence-corrected chi connectivity index (χ4v) is 2.08. The summed E-state index contributed by atoms with van der Waals surface area (Å²) in [5.41, 5.74) is 0.250. The number of anilines is 1. The van der Waals surface area contributed by atoms with E-state index in [2.05, 4.69) is 5.32 Å². The molecule has 0 spiro atoms. The fourth-order valence-electron chi connectivity index (χ4n) is 2.08. The smallest absolute Gasteiger partial charge is 0.256 e. The summed E-state index contributed by atoms with van der Waals surface area (Å²) in [6, 6.07) is 6.91. The Morgan fingerprint density at radius 3 is 2.95 bits per heavy atom. The number of carbonyl (C=O) groups is 1. The fraction of sp³-hybridized carbons (Fsp3) is 0.429. The minimum atomic E-state index is -0.779. The maximum Gasteiger partial charge on any atom is 0.256 e. The van der Waals surface area contributed by atoms with Gasteiger partial charge in [0.2, 0.25) is 0 Å². The van der Waals surface area contributed by atoms with Crippen LogP contribution in [0.15, 0.2) is 18.2 Å². The highest BCUT2D eigenvalue weighted by molar-refractivity contribution is 5.98. The lowest BCUT2D eigenvalue weighted by Gasteiger charge is -2.22. The number of methoxy groups -OCH3 is 1. The summed E-state index contributed by atoms with van der Waals surface area (Å²) >= 11 is 0. The van der Waals surface area contributed by atoms with Crippen molar-refractivity contribution in [1.82, 2.24) is 0 Å². The number of nitrogens with zero attached hydrogens (tertiary/aromatic N) is 1. The van der Waals surface area contributed by atoms with E-state index in [1.165, 1.54) is 7.11 Å². The van der Waals surface area contributed by atoms with Crippen molar-refractivity contribution in [1.29, 1.82) is 5.26 Å². The van der Waals surface area contributed by atoms with Gasteiger partial charge in [0, 0.05) is 12.7 Å². The molecule has 1 heterocycles. The van der Waals surface area contributed by atoms with Gasteiger partial charge >= 0.3 is 0 Å². The standard InChI is InChI=1S/C14H16N2O3/c1-14(6-3-7-19-14)13(17)16-11-5-4-10(9-15)8-12(11)18-2/h4-5,8H,3,6-7H2,1-2H3,(H,16,17). The Morgan fingerprint density at radius 1 is 1.58 bits per heavy atom. The molecule has 1 amide bonds. The highest BCUT2D eigenvalue weighted by Crippen LogP contribution is 2.30. The minimum absolute atomic E-state index is 0.187. The number of nitrogens with one attached hydrogen (secondary N) is 1. The maximum atomic E-state index is 12.2. The van der Waals surface area contributed by atoms with Crippen molar-refractivity contribution < 1.29 is 14.3 Å². The van der Waals surface area contributed by atoms with Crippen LogP contribution in [0.1, 0.15) is 25.3 Å².